The van der Waals surface area contributed by atoms with Crippen molar-refractivity contribution in [3.05, 3.63) is 0 Å². The summed E-state index contributed by atoms with van der Waals surface area (Å²) in [5.41, 5.74) is 0. The van der Waals surface area contributed by atoms with Crippen molar-refractivity contribution in [3.8, 4) is 0 Å². The summed E-state index contributed by atoms with van der Waals surface area (Å²) in [5, 5.41) is 5.89. The molecule has 0 aliphatic carbocycles. The van der Waals surface area contributed by atoms with Crippen molar-refractivity contribution in [1.82, 2.24) is 20.4 Å². The van der Waals surface area contributed by atoms with E-state index in [0.717, 1.165) is 19.6 Å². The number of nitrogens with one attached hydrogen (secondary N) is 2. The van der Waals surface area contributed by atoms with Crippen molar-refractivity contribution in [3.63, 3.8) is 0 Å². The van der Waals surface area contributed by atoms with E-state index in [1.54, 1.807) is 6.92 Å². The molecule has 2 aliphatic heterocycles. The first-order valence-corrected chi connectivity index (χ1v) is 5.66. The van der Waals surface area contributed by atoms with Crippen LogP contribution in [-0.2, 0) is 4.79 Å². The summed E-state index contributed by atoms with van der Waals surface area (Å²) in [6.45, 7) is 6.88. The molecule has 2 rings (SSSR count). The molecule has 16 heavy (non-hydrogen) atoms. The quantitative estimate of drug-likeness (QED) is 0.604. The van der Waals surface area contributed by atoms with Crippen LogP contribution >= 0.6 is 0 Å². The lowest BCUT2D eigenvalue weighted by atomic mass is 10.2. The van der Waals surface area contributed by atoms with Crippen molar-refractivity contribution >= 4 is 11.9 Å². The lowest BCUT2D eigenvalue weighted by molar-refractivity contribution is -0.129. The van der Waals surface area contributed by atoms with Crippen molar-refractivity contribution in [2.45, 2.75) is 25.9 Å². The number of nitrogens with zero attached hydrogens (tertiary/aromatic N) is 2. The third-order valence-corrected chi connectivity index (χ3v) is 3.18. The van der Waals surface area contributed by atoms with Crippen LogP contribution < -0.4 is 10.6 Å². The van der Waals surface area contributed by atoms with E-state index in [1.807, 2.05) is 0 Å². The van der Waals surface area contributed by atoms with Crippen LogP contribution in [0.25, 0.3) is 0 Å². The number of amides is 3. The van der Waals surface area contributed by atoms with Crippen LogP contribution in [0.4, 0.5) is 4.79 Å². The van der Waals surface area contributed by atoms with Crippen molar-refractivity contribution in [1.29, 1.82) is 0 Å². The first-order valence-electron chi connectivity index (χ1n) is 5.66. The first-order chi connectivity index (χ1) is 7.59. The van der Waals surface area contributed by atoms with Gasteiger partial charge in [-0.3, -0.25) is 9.69 Å². The van der Waals surface area contributed by atoms with E-state index < -0.39 is 0 Å². The van der Waals surface area contributed by atoms with Gasteiger partial charge in [-0.1, -0.05) is 0 Å². The molecule has 0 spiro atoms. The molecule has 2 fully saturated rings. The van der Waals surface area contributed by atoms with E-state index in [1.165, 1.54) is 4.90 Å². The average molecular weight is 226 g/mol. The Labute approximate surface area is 95.0 Å². The molecule has 0 aromatic carbocycles. The van der Waals surface area contributed by atoms with Crippen LogP contribution in [-0.4, -0.2) is 60.1 Å². The van der Waals surface area contributed by atoms with Gasteiger partial charge in [-0.2, -0.15) is 0 Å². The largest absolute Gasteiger partial charge is 0.326 e. The Morgan fingerprint density at radius 3 is 2.69 bits per heavy atom. The van der Waals surface area contributed by atoms with Gasteiger partial charge in [0.05, 0.1) is 6.67 Å². The van der Waals surface area contributed by atoms with Gasteiger partial charge >= 0.3 is 6.03 Å². The molecule has 2 heterocycles. The highest BCUT2D eigenvalue weighted by atomic mass is 16.2. The summed E-state index contributed by atoms with van der Waals surface area (Å²) >= 11 is 0. The van der Waals surface area contributed by atoms with Gasteiger partial charge in [0.15, 0.2) is 0 Å². The van der Waals surface area contributed by atoms with Gasteiger partial charge in [0.1, 0.15) is 6.04 Å². The van der Waals surface area contributed by atoms with Gasteiger partial charge in [-0.25, -0.2) is 9.69 Å². The number of carbonyl (C=O) groups is 2. The van der Waals surface area contributed by atoms with E-state index in [0.29, 0.717) is 12.7 Å². The number of hydrogen-bond donors (Lipinski definition) is 2. The number of piperazine rings is 1. The second-order valence-corrected chi connectivity index (χ2v) is 4.44. The Morgan fingerprint density at radius 1 is 1.38 bits per heavy atom. The summed E-state index contributed by atoms with van der Waals surface area (Å²) in [4.78, 5) is 26.7. The molecular weight excluding hydrogens is 208 g/mol. The van der Waals surface area contributed by atoms with Crippen molar-refractivity contribution in [2.75, 3.05) is 26.3 Å². The predicted molar refractivity (Wildman–Crippen MR) is 58.7 cm³/mol. The minimum Gasteiger partial charge on any atom is -0.326 e. The highest BCUT2D eigenvalue weighted by Gasteiger charge is 2.36. The van der Waals surface area contributed by atoms with Gasteiger partial charge in [0.2, 0.25) is 0 Å². The fourth-order valence-corrected chi connectivity index (χ4v) is 2.07. The normalized spacial score (nSPS) is 32.0. The number of hydrogen-bond acceptors (Lipinski definition) is 4. The molecule has 6 heteroatoms. The minimum absolute atomic E-state index is 0.129. The Hall–Kier alpha value is -1.14. The van der Waals surface area contributed by atoms with Crippen molar-refractivity contribution < 1.29 is 9.59 Å². The molecule has 2 aliphatic rings. The fraction of sp³-hybridized carbons (Fsp3) is 0.800. The minimum atomic E-state index is -0.384. The maximum atomic E-state index is 11.7. The highest BCUT2D eigenvalue weighted by Crippen LogP contribution is 2.10. The zero-order valence-electron chi connectivity index (χ0n) is 9.69. The van der Waals surface area contributed by atoms with Crippen LogP contribution in [0, 0.1) is 0 Å². The Kier molecular flexibility index (Phi) is 3.11. The molecule has 90 valence electrons. The Balaban J connectivity index is 1.98. The smallest absolute Gasteiger partial charge is 0.325 e. The lowest BCUT2D eigenvalue weighted by Gasteiger charge is -2.35. The maximum Gasteiger partial charge on any atom is 0.325 e. The monoisotopic (exact) mass is 226 g/mol. The zero-order chi connectivity index (χ0) is 11.7. The van der Waals surface area contributed by atoms with Crippen LogP contribution in [0.1, 0.15) is 13.8 Å². The highest BCUT2D eigenvalue weighted by molar-refractivity contribution is 6.03. The molecule has 2 saturated heterocycles. The standard InChI is InChI=1S/C10H18N4O2/c1-7-5-11-3-4-13(7)6-14-9(15)8(2)12-10(14)16/h7-8,11H,3-6H2,1-2H3,(H,12,16). The lowest BCUT2D eigenvalue weighted by Crippen LogP contribution is -2.54. The summed E-state index contributed by atoms with van der Waals surface area (Å²) in [6, 6.07) is -0.306. The Morgan fingerprint density at radius 2 is 2.12 bits per heavy atom. The molecule has 2 N–H and O–H groups in total. The number of rotatable bonds is 2. The Bertz CT molecular complexity index is 307. The van der Waals surface area contributed by atoms with Gasteiger partial charge in [-0.15, -0.1) is 0 Å². The topological polar surface area (TPSA) is 64.7 Å². The van der Waals surface area contributed by atoms with E-state index in [2.05, 4.69) is 22.5 Å². The zero-order valence-corrected chi connectivity index (χ0v) is 9.69. The summed E-state index contributed by atoms with van der Waals surface area (Å²) in [7, 11) is 0. The average Bonchev–Trinajstić information content (AvgIpc) is 2.48. The van der Waals surface area contributed by atoms with Crippen LogP contribution in [0.15, 0.2) is 0 Å². The van der Waals surface area contributed by atoms with Crippen LogP contribution in [0.2, 0.25) is 0 Å². The predicted octanol–water partition coefficient (Wildman–Crippen LogP) is -0.822. The maximum absolute atomic E-state index is 11.7. The van der Waals surface area contributed by atoms with Gasteiger partial charge in [0, 0.05) is 25.7 Å². The summed E-state index contributed by atoms with van der Waals surface area (Å²) in [5.74, 6) is -0.129. The molecular formula is C10H18N4O2. The molecule has 2 unspecified atom stereocenters. The molecule has 0 radical (unpaired) electrons. The van der Waals surface area contributed by atoms with Crippen molar-refractivity contribution in [2.24, 2.45) is 0 Å². The van der Waals surface area contributed by atoms with E-state index in [4.69, 9.17) is 0 Å². The van der Waals surface area contributed by atoms with Gasteiger partial charge in [0.25, 0.3) is 5.91 Å². The third kappa shape index (κ3) is 2.03. The van der Waals surface area contributed by atoms with E-state index >= 15 is 0 Å². The van der Waals surface area contributed by atoms with E-state index in [9.17, 15) is 9.59 Å². The SMILES string of the molecule is CC1NC(=O)N(CN2CCNCC2C)C1=O. The molecule has 0 aromatic rings. The fourth-order valence-electron chi connectivity index (χ4n) is 2.07. The van der Waals surface area contributed by atoms with Crippen LogP contribution in [0.3, 0.4) is 0 Å². The summed E-state index contributed by atoms with van der Waals surface area (Å²) in [6.07, 6.45) is 0. The summed E-state index contributed by atoms with van der Waals surface area (Å²) < 4.78 is 0. The third-order valence-electron chi connectivity index (χ3n) is 3.18. The molecule has 0 aromatic heterocycles. The van der Waals surface area contributed by atoms with Gasteiger partial charge in [-0.05, 0) is 13.8 Å². The molecule has 3 amide bonds. The molecule has 0 bridgehead atoms. The van der Waals surface area contributed by atoms with Gasteiger partial charge < -0.3 is 10.6 Å². The molecule has 2 atom stereocenters. The number of urea groups is 1. The van der Waals surface area contributed by atoms with Crippen LogP contribution in [0.5, 0.6) is 0 Å². The molecule has 6 nitrogen and oxygen atoms in total. The number of imide groups is 1. The second kappa shape index (κ2) is 4.39. The molecule has 0 saturated carbocycles. The van der Waals surface area contributed by atoms with E-state index in [-0.39, 0.29) is 18.0 Å². The number of carbonyl (C=O) groups excluding carboxylic acids is 2. The first kappa shape index (κ1) is 11.3. The second-order valence-electron chi connectivity index (χ2n) is 4.44.